The summed E-state index contributed by atoms with van der Waals surface area (Å²) in [4.78, 5) is 13.0. The molecular weight excluding hydrogens is 389 g/mol. The highest BCUT2D eigenvalue weighted by Gasteiger charge is 2.31. The summed E-state index contributed by atoms with van der Waals surface area (Å²) in [6.07, 6.45) is 0. The van der Waals surface area contributed by atoms with Gasteiger partial charge in [-0.2, -0.15) is 0 Å². The molecule has 0 bridgehead atoms. The van der Waals surface area contributed by atoms with Crippen LogP contribution in [-0.4, -0.2) is 11.0 Å². The van der Waals surface area contributed by atoms with Gasteiger partial charge >= 0.3 is 0 Å². The Balaban J connectivity index is 1.97. The summed E-state index contributed by atoms with van der Waals surface area (Å²) in [6, 6.07) is 12.3. The van der Waals surface area contributed by atoms with Crippen molar-refractivity contribution in [2.24, 2.45) is 0 Å². The lowest BCUT2D eigenvalue weighted by Crippen LogP contribution is -2.45. The van der Waals surface area contributed by atoms with Crippen molar-refractivity contribution in [2.45, 2.75) is 19.9 Å². The van der Waals surface area contributed by atoms with E-state index >= 15 is 0 Å². The Morgan fingerprint density at radius 2 is 1.81 bits per heavy atom. The summed E-state index contributed by atoms with van der Waals surface area (Å²) in [5, 5.41) is 10.5. The van der Waals surface area contributed by atoms with Gasteiger partial charge in [-0.1, -0.05) is 47.0 Å². The predicted octanol–water partition coefficient (Wildman–Crippen LogP) is 4.73. The van der Waals surface area contributed by atoms with Crippen LogP contribution in [0.5, 0.6) is 0 Å². The second-order valence-electron chi connectivity index (χ2n) is 6.06. The van der Waals surface area contributed by atoms with Crippen LogP contribution in [0.1, 0.15) is 24.1 Å². The number of halogens is 2. The molecule has 2 aromatic carbocycles. The lowest BCUT2D eigenvalue weighted by atomic mass is 9.95. The van der Waals surface area contributed by atoms with E-state index in [1.54, 1.807) is 18.2 Å². The first-order valence-electron chi connectivity index (χ1n) is 7.96. The fourth-order valence-electron chi connectivity index (χ4n) is 2.80. The third-order valence-corrected chi connectivity index (χ3v) is 4.88. The number of thiocarbonyl (C=S) groups is 1. The molecule has 0 spiro atoms. The minimum atomic E-state index is -0.473. The van der Waals surface area contributed by atoms with Crippen LogP contribution in [0.25, 0.3) is 0 Å². The molecule has 1 amide bonds. The van der Waals surface area contributed by atoms with Crippen molar-refractivity contribution in [3.8, 4) is 0 Å². The van der Waals surface area contributed by atoms with Gasteiger partial charge in [0.05, 0.1) is 11.6 Å². The van der Waals surface area contributed by atoms with Crippen molar-refractivity contribution >= 4 is 52.1 Å². The number of hydrogen-bond donors (Lipinski definition) is 3. The number of aryl methyl sites for hydroxylation is 1. The van der Waals surface area contributed by atoms with Crippen molar-refractivity contribution < 1.29 is 4.79 Å². The summed E-state index contributed by atoms with van der Waals surface area (Å²) in [5.41, 5.74) is 3.76. The molecule has 1 aliphatic heterocycles. The van der Waals surface area contributed by atoms with Gasteiger partial charge in [-0.05, 0) is 55.9 Å². The molecule has 1 aliphatic rings. The maximum atomic E-state index is 13.0. The monoisotopic (exact) mass is 405 g/mol. The average molecular weight is 406 g/mol. The van der Waals surface area contributed by atoms with E-state index in [1.807, 2.05) is 38.1 Å². The second-order valence-corrected chi connectivity index (χ2v) is 7.31. The predicted molar refractivity (Wildman–Crippen MR) is 111 cm³/mol. The summed E-state index contributed by atoms with van der Waals surface area (Å²) in [6.45, 7) is 3.81. The van der Waals surface area contributed by atoms with Gasteiger partial charge in [0.2, 0.25) is 0 Å². The Labute approximate surface area is 167 Å². The minimum absolute atomic E-state index is 0.232. The first-order chi connectivity index (χ1) is 12.3. The summed E-state index contributed by atoms with van der Waals surface area (Å²) in [5.74, 6) is -0.232. The standard InChI is InChI=1S/C19H17Cl2N3OS/c1-10-3-6-13(7-4-10)23-18(25)16-11(2)22-19(26)24-17(16)14-8-5-12(20)9-15(14)21/h3-9,17H,1-2H3,(H,23,25)(H2,22,24,26)/t17-/m0/s1. The van der Waals surface area contributed by atoms with Gasteiger partial charge < -0.3 is 16.0 Å². The fraction of sp³-hybridized carbons (Fsp3) is 0.158. The van der Waals surface area contributed by atoms with E-state index < -0.39 is 6.04 Å². The molecule has 0 aliphatic carbocycles. The Kier molecular flexibility index (Phi) is 5.51. The number of carbonyl (C=O) groups excluding carboxylic acids is 1. The van der Waals surface area contributed by atoms with Crippen molar-refractivity contribution in [3.63, 3.8) is 0 Å². The first-order valence-corrected chi connectivity index (χ1v) is 9.13. The van der Waals surface area contributed by atoms with Gasteiger partial charge in [0.25, 0.3) is 5.91 Å². The number of anilines is 1. The Hall–Kier alpha value is -2.08. The van der Waals surface area contributed by atoms with E-state index in [4.69, 9.17) is 35.4 Å². The maximum absolute atomic E-state index is 13.0. The third kappa shape index (κ3) is 4.01. The Bertz CT molecular complexity index is 910. The molecular formula is C19H17Cl2N3OS. The summed E-state index contributed by atoms with van der Waals surface area (Å²) < 4.78 is 0. The quantitative estimate of drug-likeness (QED) is 0.645. The molecule has 7 heteroatoms. The van der Waals surface area contributed by atoms with E-state index in [2.05, 4.69) is 16.0 Å². The number of carbonyl (C=O) groups is 1. The number of allylic oxidation sites excluding steroid dienone is 1. The summed E-state index contributed by atoms with van der Waals surface area (Å²) in [7, 11) is 0. The summed E-state index contributed by atoms with van der Waals surface area (Å²) >= 11 is 17.6. The molecule has 0 unspecified atom stereocenters. The number of nitrogens with one attached hydrogen (secondary N) is 3. The van der Waals surface area contributed by atoms with E-state index in [1.165, 1.54) is 0 Å². The first kappa shape index (κ1) is 18.7. The molecule has 0 saturated heterocycles. The zero-order valence-corrected chi connectivity index (χ0v) is 16.5. The van der Waals surface area contributed by atoms with Crippen molar-refractivity contribution in [2.75, 3.05) is 5.32 Å². The lowest BCUT2D eigenvalue weighted by molar-refractivity contribution is -0.113. The molecule has 3 N–H and O–H groups in total. The Morgan fingerprint density at radius 3 is 2.46 bits per heavy atom. The molecule has 4 nitrogen and oxygen atoms in total. The van der Waals surface area contributed by atoms with E-state index in [-0.39, 0.29) is 5.91 Å². The normalized spacial score (nSPS) is 16.8. The highest BCUT2D eigenvalue weighted by Crippen LogP contribution is 2.33. The van der Waals surface area contributed by atoms with Gasteiger partial charge in [0.15, 0.2) is 5.11 Å². The zero-order valence-electron chi connectivity index (χ0n) is 14.2. The highest BCUT2D eigenvalue weighted by atomic mass is 35.5. The van der Waals surface area contributed by atoms with Crippen molar-refractivity contribution in [3.05, 3.63) is 74.9 Å². The molecule has 0 fully saturated rings. The van der Waals surface area contributed by atoms with E-state index in [9.17, 15) is 4.79 Å². The van der Waals surface area contributed by atoms with Gasteiger partial charge in [-0.3, -0.25) is 4.79 Å². The number of hydrogen-bond acceptors (Lipinski definition) is 2. The number of amides is 1. The van der Waals surface area contributed by atoms with Crippen LogP contribution in [0.2, 0.25) is 10.0 Å². The zero-order chi connectivity index (χ0) is 18.8. The lowest BCUT2D eigenvalue weighted by Gasteiger charge is -2.31. The highest BCUT2D eigenvalue weighted by molar-refractivity contribution is 7.80. The molecule has 0 saturated carbocycles. The van der Waals surface area contributed by atoms with Gasteiger partial charge in [0, 0.05) is 21.4 Å². The number of benzene rings is 2. The molecule has 0 radical (unpaired) electrons. The van der Waals surface area contributed by atoms with Crippen LogP contribution >= 0.6 is 35.4 Å². The minimum Gasteiger partial charge on any atom is -0.351 e. The Morgan fingerprint density at radius 1 is 1.12 bits per heavy atom. The van der Waals surface area contributed by atoms with Crippen LogP contribution in [0.3, 0.4) is 0 Å². The van der Waals surface area contributed by atoms with Crippen molar-refractivity contribution in [1.29, 1.82) is 0 Å². The van der Waals surface area contributed by atoms with Crippen LogP contribution in [-0.2, 0) is 4.79 Å². The third-order valence-electron chi connectivity index (χ3n) is 4.10. The van der Waals surface area contributed by atoms with Crippen molar-refractivity contribution in [1.82, 2.24) is 10.6 Å². The molecule has 1 heterocycles. The van der Waals surface area contributed by atoms with Crippen LogP contribution in [0.15, 0.2) is 53.7 Å². The largest absolute Gasteiger partial charge is 0.351 e. The topological polar surface area (TPSA) is 53.2 Å². The molecule has 3 rings (SSSR count). The molecule has 0 aromatic heterocycles. The van der Waals surface area contributed by atoms with E-state index in [0.717, 1.165) is 16.8 Å². The van der Waals surface area contributed by atoms with Crippen LogP contribution in [0.4, 0.5) is 5.69 Å². The molecule has 1 atom stereocenters. The molecule has 26 heavy (non-hydrogen) atoms. The fourth-order valence-corrected chi connectivity index (χ4v) is 3.59. The average Bonchev–Trinajstić information content (AvgIpc) is 2.56. The molecule has 134 valence electrons. The smallest absolute Gasteiger partial charge is 0.255 e. The number of rotatable bonds is 3. The maximum Gasteiger partial charge on any atom is 0.255 e. The molecule has 2 aromatic rings. The SMILES string of the molecule is CC1=C(C(=O)Nc2ccc(C)cc2)[C@H](c2ccc(Cl)cc2Cl)NC(=S)N1. The van der Waals surface area contributed by atoms with Gasteiger partial charge in [0.1, 0.15) is 0 Å². The second kappa shape index (κ2) is 7.66. The van der Waals surface area contributed by atoms with E-state index in [0.29, 0.717) is 26.4 Å². The van der Waals surface area contributed by atoms with Gasteiger partial charge in [-0.25, -0.2) is 0 Å². The van der Waals surface area contributed by atoms with Crippen LogP contribution in [0, 0.1) is 6.92 Å². The van der Waals surface area contributed by atoms with Crippen LogP contribution < -0.4 is 16.0 Å². The van der Waals surface area contributed by atoms with Gasteiger partial charge in [-0.15, -0.1) is 0 Å².